The van der Waals surface area contributed by atoms with E-state index < -0.39 is 0 Å². The van der Waals surface area contributed by atoms with Gasteiger partial charge in [0.2, 0.25) is 0 Å². The Kier molecular flexibility index (Phi) is 156. The molecule has 0 N–H and O–H groups in total. The summed E-state index contributed by atoms with van der Waals surface area (Å²) < 4.78 is 20.0. The van der Waals surface area contributed by atoms with Crippen molar-refractivity contribution in [2.75, 3.05) is 49.4 Å². The van der Waals surface area contributed by atoms with E-state index in [9.17, 15) is 19.2 Å². The molecule has 15 heteroatoms. The van der Waals surface area contributed by atoms with Crippen molar-refractivity contribution in [3.63, 3.8) is 0 Å². The van der Waals surface area contributed by atoms with Crippen LogP contribution in [0.2, 0.25) is 0 Å². The van der Waals surface area contributed by atoms with Crippen molar-refractivity contribution in [2.24, 2.45) is 0 Å². The number of ether oxygens (including phenoxy) is 4. The largest absolute Gasteiger partial charge is 2.00 e. The third-order valence-electron chi connectivity index (χ3n) is 22.0. The first kappa shape index (κ1) is 139. The minimum absolute atomic E-state index is 0. The van der Waals surface area contributed by atoms with Crippen LogP contribution in [-0.2, 0) is 88.6 Å². The normalized spacial score (nSPS) is 10.9. The van der Waals surface area contributed by atoms with E-state index in [1.165, 1.54) is 437 Å². The second-order valence-electron chi connectivity index (χ2n) is 33.5. The van der Waals surface area contributed by atoms with E-state index in [0.717, 1.165) is 51.4 Å². The molecule has 121 heavy (non-hydrogen) atoms. The quantitative estimate of drug-likeness (QED) is 0.0145. The van der Waals surface area contributed by atoms with Crippen LogP contribution in [-0.4, -0.2) is 121 Å². The Hall–Kier alpha value is 0.187. The number of rotatable bonds is 92. The fraction of sp³-hybridized carbons (Fsp3) is 0.887. The standard InChI is InChI=1S/4C26H50O2S.2CH4.H2S.2Sn/c4*1-2-3-4-5-6-7-8-9-10-11-12-13-14-15-16-17-18-19-20-21-22-23-26(27)28-24-25-29;;;;;/h4*10-11,29H,2-9,12-25H2,1H3;2*1H4;1H2;;/q;;;;;;;2*+2/p-4/b4*11-10+;;;;;. The summed E-state index contributed by atoms with van der Waals surface area (Å²) in [6, 6.07) is 0. The molecular weight excluding hydrogens is 1800 g/mol. The zero-order valence-corrected chi connectivity index (χ0v) is 89.2. The number of esters is 4. The molecule has 0 aliphatic rings. The Morgan fingerprint density at radius 3 is 0.388 bits per heavy atom. The van der Waals surface area contributed by atoms with Gasteiger partial charge in [0.25, 0.3) is 0 Å². The maximum atomic E-state index is 11.3. The molecule has 0 aliphatic carbocycles. The predicted octanol–water partition coefficient (Wildman–Crippen LogP) is 34.4. The molecule has 716 valence electrons. The van der Waals surface area contributed by atoms with Crippen LogP contribution < -0.4 is 0 Å². The van der Waals surface area contributed by atoms with Gasteiger partial charge in [0.05, 0.1) is 26.4 Å². The van der Waals surface area contributed by atoms with E-state index in [1.54, 1.807) is 0 Å². The molecular formula is C106H206O8S5Sn2. The molecule has 0 unspecified atom stereocenters. The van der Waals surface area contributed by atoms with E-state index >= 15 is 0 Å². The van der Waals surface area contributed by atoms with Gasteiger partial charge in [0, 0.05) is 25.7 Å². The molecule has 0 bridgehead atoms. The van der Waals surface area contributed by atoms with Crippen LogP contribution >= 0.6 is 13.5 Å². The van der Waals surface area contributed by atoms with Gasteiger partial charge in [-0.15, -0.1) is 23.0 Å². The average molecular weight is 2010 g/mol. The molecule has 0 atom stereocenters. The van der Waals surface area contributed by atoms with Gasteiger partial charge < -0.3 is 69.5 Å². The van der Waals surface area contributed by atoms with Crippen LogP contribution in [0.25, 0.3) is 0 Å². The van der Waals surface area contributed by atoms with Crippen molar-refractivity contribution >= 4 is 136 Å². The molecule has 0 aromatic rings. The van der Waals surface area contributed by atoms with Crippen molar-refractivity contribution < 1.29 is 38.1 Å². The van der Waals surface area contributed by atoms with Gasteiger partial charge >= 0.3 is 71.7 Å². The van der Waals surface area contributed by atoms with Crippen molar-refractivity contribution in [2.45, 2.75) is 556 Å². The Balaban J connectivity index is -0.000000195. The molecule has 0 aromatic carbocycles. The maximum absolute atomic E-state index is 11.3. The number of carbonyl (C=O) groups excluding carboxylic acids is 4. The third-order valence-corrected chi connectivity index (χ3v) is 22.6. The van der Waals surface area contributed by atoms with Gasteiger partial charge in [-0.2, -0.15) is 13.5 Å². The average Bonchev–Trinajstić information content (AvgIpc) is 1.07. The molecule has 0 fully saturated rings. The number of allylic oxidation sites excluding steroid dienone is 8. The molecule has 0 spiro atoms. The van der Waals surface area contributed by atoms with Gasteiger partial charge in [-0.25, -0.2) is 0 Å². The molecule has 0 rings (SSSR count). The van der Waals surface area contributed by atoms with Gasteiger partial charge in [-0.3, -0.25) is 19.2 Å². The summed E-state index contributed by atoms with van der Waals surface area (Å²) in [5.74, 6) is 1.68. The second kappa shape index (κ2) is 136. The third kappa shape index (κ3) is 143. The van der Waals surface area contributed by atoms with Crippen LogP contribution in [0, 0.1) is 0 Å². The van der Waals surface area contributed by atoms with Crippen LogP contribution in [0.15, 0.2) is 48.6 Å². The van der Waals surface area contributed by atoms with Crippen molar-refractivity contribution in [3.8, 4) is 0 Å². The monoisotopic (exact) mass is 2010 g/mol. The first-order valence-corrected chi connectivity index (χ1v) is 53.1. The fourth-order valence-corrected chi connectivity index (χ4v) is 14.8. The SMILES string of the molecule is C.C.CCCCCCCCC/C=C/CCCCCCCCCCCCC(=O)OCC[S-].CCCCCCCCC/C=C/CCCCCCCCCCCCC(=O)OCC[S-].CCCCCCCCC/C=C/CCCCCCCCCCCCC(=O)OCC[S-].CCCCCCCCC/C=C/CCCCCCCCCCCCC(=O)OCC[S-].S.[Sn+2].[Sn+2]. The summed E-state index contributed by atoms with van der Waals surface area (Å²) in [7, 11) is 0. The summed E-state index contributed by atoms with van der Waals surface area (Å²) in [4.78, 5) is 45.3. The minimum Gasteiger partial charge on any atom is -0.789 e. The van der Waals surface area contributed by atoms with E-state index in [4.69, 9.17) is 69.5 Å². The van der Waals surface area contributed by atoms with E-state index in [-0.39, 0.29) is 100 Å². The summed E-state index contributed by atoms with van der Waals surface area (Å²) >= 11 is 19.0. The number of unbranched alkanes of at least 4 members (excludes halogenated alkanes) is 68. The van der Waals surface area contributed by atoms with Gasteiger partial charge in [-0.1, -0.05) is 451 Å². The van der Waals surface area contributed by atoms with Crippen molar-refractivity contribution in [1.29, 1.82) is 0 Å². The summed E-state index contributed by atoms with van der Waals surface area (Å²) in [6.45, 7) is 10.7. The van der Waals surface area contributed by atoms with E-state index in [1.807, 2.05) is 0 Å². The molecule has 0 heterocycles. The molecule has 0 saturated heterocycles. The molecule has 0 aliphatic heterocycles. The van der Waals surface area contributed by atoms with Crippen LogP contribution in [0.3, 0.4) is 0 Å². The van der Waals surface area contributed by atoms with Gasteiger partial charge in [-0.05, 0) is 128 Å². The Bertz CT molecular complexity index is 1710. The van der Waals surface area contributed by atoms with Crippen molar-refractivity contribution in [3.05, 3.63) is 48.6 Å². The predicted molar refractivity (Wildman–Crippen MR) is 557 cm³/mol. The molecule has 8 nitrogen and oxygen atoms in total. The summed E-state index contributed by atoms with van der Waals surface area (Å²) in [5.41, 5.74) is 0. The Morgan fingerprint density at radius 1 is 0.182 bits per heavy atom. The zero-order chi connectivity index (χ0) is 85.0. The van der Waals surface area contributed by atoms with Gasteiger partial charge in [0.1, 0.15) is 0 Å². The van der Waals surface area contributed by atoms with E-state index in [0.29, 0.717) is 75.1 Å². The Labute approximate surface area is 820 Å². The van der Waals surface area contributed by atoms with Crippen LogP contribution in [0.1, 0.15) is 556 Å². The Morgan fingerprint density at radius 2 is 0.281 bits per heavy atom. The second-order valence-corrected chi connectivity index (χ2v) is 35.2. The first-order chi connectivity index (χ1) is 57.2. The number of carbonyl (C=O) groups is 4. The molecule has 0 amide bonds. The molecule has 0 saturated carbocycles. The zero-order valence-electron chi connectivity index (χ0n) is 79.2. The summed E-state index contributed by atoms with van der Waals surface area (Å²) in [5, 5.41) is 0. The van der Waals surface area contributed by atoms with Crippen LogP contribution in [0.4, 0.5) is 0 Å². The van der Waals surface area contributed by atoms with Crippen molar-refractivity contribution in [1.82, 2.24) is 0 Å². The molecule has 0 aromatic heterocycles. The first-order valence-electron chi connectivity index (χ1n) is 50.8. The van der Waals surface area contributed by atoms with Gasteiger partial charge in [0.15, 0.2) is 0 Å². The number of hydrogen-bond acceptors (Lipinski definition) is 12. The smallest absolute Gasteiger partial charge is 0.789 e. The van der Waals surface area contributed by atoms with Crippen LogP contribution in [0.5, 0.6) is 0 Å². The minimum atomic E-state index is -0.0810. The summed E-state index contributed by atoms with van der Waals surface area (Å²) in [6.07, 6.45) is 123. The fourth-order valence-electron chi connectivity index (χ4n) is 14.5. The molecule has 4 radical (unpaired) electrons. The topological polar surface area (TPSA) is 105 Å². The number of hydrogen-bond donors (Lipinski definition) is 0. The maximum Gasteiger partial charge on any atom is 2.00 e. The van der Waals surface area contributed by atoms with E-state index in [2.05, 4.69) is 76.3 Å².